The van der Waals surface area contributed by atoms with Gasteiger partial charge in [-0.25, -0.2) is 9.48 Å². The zero-order chi connectivity index (χ0) is 22.2. The van der Waals surface area contributed by atoms with Crippen LogP contribution in [0.15, 0.2) is 28.2 Å². The summed E-state index contributed by atoms with van der Waals surface area (Å²) in [5.74, 6) is -3.39. The summed E-state index contributed by atoms with van der Waals surface area (Å²) in [6, 6.07) is 2.60. The van der Waals surface area contributed by atoms with E-state index in [0.29, 0.717) is 6.42 Å². The van der Waals surface area contributed by atoms with Gasteiger partial charge >= 0.3 is 11.9 Å². The molecule has 1 saturated carbocycles. The van der Waals surface area contributed by atoms with Gasteiger partial charge in [-0.1, -0.05) is 17.8 Å². The van der Waals surface area contributed by atoms with E-state index in [1.54, 1.807) is 0 Å². The summed E-state index contributed by atoms with van der Waals surface area (Å²) < 4.78 is 41.9. The molecule has 1 aromatic carbocycles. The quantitative estimate of drug-likeness (QED) is 0.402. The molecule has 160 valence electrons. The molecule has 30 heavy (non-hydrogen) atoms. The van der Waals surface area contributed by atoms with Gasteiger partial charge in [-0.05, 0) is 24.1 Å². The van der Waals surface area contributed by atoms with Crippen molar-refractivity contribution in [3.63, 3.8) is 0 Å². The van der Waals surface area contributed by atoms with Gasteiger partial charge in [0.05, 0.1) is 5.56 Å². The molecule has 1 aliphatic carbocycles. The highest BCUT2D eigenvalue weighted by Crippen LogP contribution is 2.34. The number of ketones is 3. The zero-order valence-electron chi connectivity index (χ0n) is 16.2. The number of aromatic nitrogens is 3. The highest BCUT2D eigenvalue weighted by molar-refractivity contribution is 7.98. The summed E-state index contributed by atoms with van der Waals surface area (Å²) in [5, 5.41) is 4.25. The van der Waals surface area contributed by atoms with Crippen LogP contribution in [-0.4, -0.2) is 31.7 Å². The van der Waals surface area contributed by atoms with Gasteiger partial charge in [0, 0.05) is 38.3 Å². The van der Waals surface area contributed by atoms with E-state index in [9.17, 15) is 32.3 Å². The van der Waals surface area contributed by atoms with Crippen molar-refractivity contribution in [2.45, 2.75) is 36.3 Å². The molecule has 7 nitrogen and oxygen atoms in total. The first-order chi connectivity index (χ1) is 14.0. The standard InChI is InChI=1S/C19H18F3N3O4S/c1-24-17(23-25(2)18(24)29)30-9-10-8-11(19(20,21)22)6-7-12(10)16(28)15-13(26)4-3-5-14(15)27/h6-8,15H,3-5,9H2,1-2H3. The average molecular weight is 441 g/mol. The third-order valence-corrected chi connectivity index (χ3v) is 5.96. The number of nitrogens with zero attached hydrogens (tertiary/aromatic N) is 3. The molecular formula is C19H18F3N3O4S. The maximum Gasteiger partial charge on any atom is 0.416 e. The summed E-state index contributed by atoms with van der Waals surface area (Å²) >= 11 is 0.976. The maximum absolute atomic E-state index is 13.2. The van der Waals surface area contributed by atoms with Gasteiger partial charge in [-0.15, -0.1) is 5.10 Å². The second-order valence-corrected chi connectivity index (χ2v) is 7.93. The van der Waals surface area contributed by atoms with Crippen LogP contribution < -0.4 is 5.69 Å². The first-order valence-electron chi connectivity index (χ1n) is 9.03. The largest absolute Gasteiger partial charge is 0.416 e. The number of hydrogen-bond donors (Lipinski definition) is 0. The van der Waals surface area contributed by atoms with Crippen LogP contribution in [0.3, 0.4) is 0 Å². The molecule has 0 saturated heterocycles. The topological polar surface area (TPSA) is 91.0 Å². The molecular weight excluding hydrogens is 423 g/mol. The second-order valence-electron chi connectivity index (χ2n) is 6.99. The van der Waals surface area contributed by atoms with Gasteiger partial charge in [-0.2, -0.15) is 13.2 Å². The number of hydrogen-bond acceptors (Lipinski definition) is 6. The van der Waals surface area contributed by atoms with Crippen LogP contribution >= 0.6 is 11.8 Å². The van der Waals surface area contributed by atoms with Crippen LogP contribution in [0.25, 0.3) is 0 Å². The number of Topliss-reactive ketones (excluding diaryl/α,β-unsaturated/α-hetero) is 3. The molecule has 0 N–H and O–H groups in total. The van der Waals surface area contributed by atoms with Crippen molar-refractivity contribution >= 4 is 29.1 Å². The summed E-state index contributed by atoms with van der Waals surface area (Å²) in [6.45, 7) is 0. The van der Waals surface area contributed by atoms with E-state index in [1.165, 1.54) is 18.7 Å². The summed E-state index contributed by atoms with van der Waals surface area (Å²) in [6.07, 6.45) is -4.09. The van der Waals surface area contributed by atoms with Gasteiger partial charge in [-0.3, -0.25) is 19.0 Å². The minimum atomic E-state index is -4.63. The molecule has 2 aromatic rings. The molecule has 11 heteroatoms. The lowest BCUT2D eigenvalue weighted by atomic mass is 9.80. The normalized spacial score (nSPS) is 15.6. The van der Waals surface area contributed by atoms with Crippen LogP contribution in [0, 0.1) is 5.92 Å². The first-order valence-corrected chi connectivity index (χ1v) is 10.0. The number of aryl methyl sites for hydroxylation is 1. The van der Waals surface area contributed by atoms with Crippen LogP contribution in [0.1, 0.15) is 40.7 Å². The predicted octanol–water partition coefficient (Wildman–Crippen LogP) is 2.55. The van der Waals surface area contributed by atoms with E-state index < -0.39 is 40.7 Å². The van der Waals surface area contributed by atoms with Crippen LogP contribution in [0.5, 0.6) is 0 Å². The second kappa shape index (κ2) is 8.21. The Bertz CT molecular complexity index is 1070. The highest BCUT2D eigenvalue weighted by Gasteiger charge is 2.38. The number of carbonyl (C=O) groups excluding carboxylic acids is 3. The van der Waals surface area contributed by atoms with Crippen molar-refractivity contribution < 1.29 is 27.6 Å². The fraction of sp³-hybridized carbons (Fsp3) is 0.421. The van der Waals surface area contributed by atoms with Crippen molar-refractivity contribution in [2.75, 3.05) is 0 Å². The van der Waals surface area contributed by atoms with Crippen molar-refractivity contribution in [3.05, 3.63) is 45.4 Å². The summed E-state index contributed by atoms with van der Waals surface area (Å²) in [4.78, 5) is 49.0. The number of carbonyl (C=O) groups is 3. The monoisotopic (exact) mass is 441 g/mol. The Hall–Kier alpha value is -2.69. The molecule has 0 spiro atoms. The van der Waals surface area contributed by atoms with Crippen LogP contribution in [0.2, 0.25) is 0 Å². The minimum absolute atomic E-state index is 0.0177. The van der Waals surface area contributed by atoms with Crippen molar-refractivity contribution in [1.82, 2.24) is 14.3 Å². The smallest absolute Gasteiger partial charge is 0.298 e. The van der Waals surface area contributed by atoms with Crippen molar-refractivity contribution in [1.29, 1.82) is 0 Å². The Morgan fingerprint density at radius 3 is 2.33 bits per heavy atom. The maximum atomic E-state index is 13.2. The fourth-order valence-electron chi connectivity index (χ4n) is 3.29. The highest BCUT2D eigenvalue weighted by atomic mass is 32.2. The van der Waals surface area contributed by atoms with Gasteiger partial charge in [0.25, 0.3) is 0 Å². The molecule has 0 amide bonds. The number of benzene rings is 1. The Kier molecular flexibility index (Phi) is 6.02. The lowest BCUT2D eigenvalue weighted by Gasteiger charge is -2.20. The van der Waals surface area contributed by atoms with E-state index >= 15 is 0 Å². The SMILES string of the molecule is Cn1nc(SCc2cc(C(F)(F)F)ccc2C(=O)C2C(=O)CCCC2=O)n(C)c1=O. The molecule has 1 aromatic heterocycles. The number of alkyl halides is 3. The first kappa shape index (κ1) is 22.0. The Labute approximate surface area is 173 Å². The fourth-order valence-corrected chi connectivity index (χ4v) is 4.26. The number of thioether (sulfide) groups is 1. The molecule has 0 bridgehead atoms. The molecule has 1 heterocycles. The average Bonchev–Trinajstić information content (AvgIpc) is 2.92. The Morgan fingerprint density at radius 2 is 1.80 bits per heavy atom. The van der Waals surface area contributed by atoms with Gasteiger partial charge in [0.15, 0.2) is 22.5 Å². The molecule has 0 unspecified atom stereocenters. The molecule has 0 atom stereocenters. The summed E-state index contributed by atoms with van der Waals surface area (Å²) in [7, 11) is 2.90. The molecule has 1 aliphatic rings. The van der Waals surface area contributed by atoms with Gasteiger partial charge in [0.2, 0.25) is 0 Å². The van der Waals surface area contributed by atoms with Crippen LogP contribution in [0.4, 0.5) is 13.2 Å². The van der Waals surface area contributed by atoms with Crippen molar-refractivity contribution in [2.24, 2.45) is 20.0 Å². The lowest BCUT2D eigenvalue weighted by Crippen LogP contribution is -2.35. The Morgan fingerprint density at radius 1 is 1.17 bits per heavy atom. The van der Waals surface area contributed by atoms with E-state index in [2.05, 4.69) is 5.10 Å². The van der Waals surface area contributed by atoms with Crippen LogP contribution in [-0.2, 0) is 35.6 Å². The molecule has 0 aliphatic heterocycles. The van der Waals surface area contributed by atoms with E-state index in [1.807, 2.05) is 0 Å². The number of halogens is 3. The molecule has 1 fully saturated rings. The minimum Gasteiger partial charge on any atom is -0.298 e. The van der Waals surface area contributed by atoms with E-state index in [4.69, 9.17) is 0 Å². The number of rotatable bonds is 5. The van der Waals surface area contributed by atoms with Gasteiger partial charge < -0.3 is 0 Å². The zero-order valence-corrected chi connectivity index (χ0v) is 17.0. The lowest BCUT2D eigenvalue weighted by molar-refractivity contribution is -0.138. The third kappa shape index (κ3) is 4.25. The molecule has 0 radical (unpaired) electrons. The van der Waals surface area contributed by atoms with Crippen molar-refractivity contribution in [3.8, 4) is 0 Å². The third-order valence-electron chi connectivity index (χ3n) is 4.89. The molecule has 3 rings (SSSR count). The van der Waals surface area contributed by atoms with E-state index in [-0.39, 0.29) is 34.9 Å². The summed E-state index contributed by atoms with van der Waals surface area (Å²) in [5.41, 5.74) is -1.45. The van der Waals surface area contributed by atoms with Gasteiger partial charge in [0.1, 0.15) is 5.92 Å². The Balaban J connectivity index is 1.99. The predicted molar refractivity (Wildman–Crippen MR) is 101 cm³/mol. The van der Waals surface area contributed by atoms with E-state index in [0.717, 1.165) is 34.6 Å².